The lowest BCUT2D eigenvalue weighted by molar-refractivity contribution is 0.0849. The molecule has 0 amide bonds. The fourth-order valence-electron chi connectivity index (χ4n) is 3.72. The van der Waals surface area contributed by atoms with Crippen molar-refractivity contribution in [2.24, 2.45) is 0 Å². The fourth-order valence-corrected chi connectivity index (χ4v) is 3.72. The summed E-state index contributed by atoms with van der Waals surface area (Å²) in [5.41, 5.74) is 2.61. The van der Waals surface area contributed by atoms with Gasteiger partial charge in [0, 0.05) is 19.1 Å². The van der Waals surface area contributed by atoms with E-state index in [2.05, 4.69) is 32.3 Å². The summed E-state index contributed by atoms with van der Waals surface area (Å²) in [6.07, 6.45) is 3.56. The number of hydrogen-bond acceptors (Lipinski definition) is 4. The molecule has 1 atom stereocenters. The van der Waals surface area contributed by atoms with Crippen LogP contribution in [0, 0.1) is 5.82 Å². The Hall–Kier alpha value is -2.96. The van der Waals surface area contributed by atoms with Crippen molar-refractivity contribution < 1.29 is 14.2 Å². The number of halogens is 1. The van der Waals surface area contributed by atoms with E-state index in [-0.39, 0.29) is 11.9 Å². The summed E-state index contributed by atoms with van der Waals surface area (Å²) in [5, 5.41) is 15.4. The number of para-hydroxylation sites is 1. The summed E-state index contributed by atoms with van der Waals surface area (Å²) in [7, 11) is 0. The number of rotatable bonds is 12. The van der Waals surface area contributed by atoms with Gasteiger partial charge in [-0.15, -0.1) is 6.58 Å². The molecule has 5 nitrogen and oxygen atoms in total. The van der Waals surface area contributed by atoms with Gasteiger partial charge in [0.05, 0.1) is 23.0 Å². The maximum Gasteiger partial charge on any atom is 0.227 e. The normalized spacial score (nSPS) is 12.3. The first kappa shape index (κ1) is 24.7. The molecular weight excluding hydrogens is 417 g/mol. The van der Waals surface area contributed by atoms with Crippen LogP contribution in [0.5, 0.6) is 11.6 Å². The number of nitrogens with zero attached hydrogens (tertiary/aromatic N) is 3. The van der Waals surface area contributed by atoms with Crippen LogP contribution in [0.3, 0.4) is 0 Å². The van der Waals surface area contributed by atoms with E-state index in [9.17, 15) is 9.50 Å². The van der Waals surface area contributed by atoms with Gasteiger partial charge < -0.3 is 9.84 Å². The van der Waals surface area contributed by atoms with Crippen molar-refractivity contribution in [3.05, 3.63) is 84.3 Å². The second-order valence-corrected chi connectivity index (χ2v) is 8.43. The third-order valence-electron chi connectivity index (χ3n) is 5.62. The molecule has 0 radical (unpaired) electrons. The van der Waals surface area contributed by atoms with Crippen molar-refractivity contribution in [1.82, 2.24) is 14.7 Å². The van der Waals surface area contributed by atoms with Gasteiger partial charge in [-0.1, -0.05) is 31.2 Å². The van der Waals surface area contributed by atoms with E-state index in [0.717, 1.165) is 29.8 Å². The third-order valence-corrected chi connectivity index (χ3v) is 5.62. The van der Waals surface area contributed by atoms with Crippen LogP contribution < -0.4 is 4.74 Å². The van der Waals surface area contributed by atoms with Crippen LogP contribution in [0.15, 0.2) is 67.3 Å². The predicted octanol–water partition coefficient (Wildman–Crippen LogP) is 5.90. The molecule has 6 heteroatoms. The van der Waals surface area contributed by atoms with Crippen LogP contribution in [0.25, 0.3) is 5.69 Å². The average molecular weight is 452 g/mol. The first-order chi connectivity index (χ1) is 15.9. The summed E-state index contributed by atoms with van der Waals surface area (Å²) in [6, 6.07) is 16.0. The molecule has 1 heterocycles. The van der Waals surface area contributed by atoms with E-state index >= 15 is 0 Å². The Morgan fingerprint density at radius 1 is 1.15 bits per heavy atom. The Morgan fingerprint density at radius 2 is 1.85 bits per heavy atom. The van der Waals surface area contributed by atoms with E-state index in [1.807, 2.05) is 36.4 Å². The highest BCUT2D eigenvalue weighted by Crippen LogP contribution is 2.32. The van der Waals surface area contributed by atoms with Crippen LogP contribution in [0.4, 0.5) is 4.39 Å². The number of benzene rings is 2. The van der Waals surface area contributed by atoms with Crippen molar-refractivity contribution in [3.63, 3.8) is 0 Å². The Balaban J connectivity index is 2.02. The number of aliphatic hydroxyl groups excluding tert-OH is 1. The molecule has 33 heavy (non-hydrogen) atoms. The lowest BCUT2D eigenvalue weighted by atomic mass is 10.1. The molecule has 0 unspecified atom stereocenters. The maximum atomic E-state index is 13.6. The minimum atomic E-state index is -0.443. The summed E-state index contributed by atoms with van der Waals surface area (Å²) in [6.45, 7) is 11.2. The number of ether oxygens (including phenoxy) is 1. The highest BCUT2D eigenvalue weighted by Gasteiger charge is 2.24. The van der Waals surface area contributed by atoms with Gasteiger partial charge in [-0.25, -0.2) is 9.07 Å². The first-order valence-electron chi connectivity index (χ1n) is 11.6. The lowest BCUT2D eigenvalue weighted by Crippen LogP contribution is -2.37. The van der Waals surface area contributed by atoms with Gasteiger partial charge in [0.1, 0.15) is 11.6 Å². The molecular formula is C27H34FN3O2. The van der Waals surface area contributed by atoms with Gasteiger partial charge in [0.2, 0.25) is 5.88 Å². The molecule has 1 aromatic heterocycles. The summed E-state index contributed by atoms with van der Waals surface area (Å²) < 4.78 is 21.7. The Morgan fingerprint density at radius 3 is 2.45 bits per heavy atom. The zero-order valence-electron chi connectivity index (χ0n) is 19.7. The van der Waals surface area contributed by atoms with Gasteiger partial charge in [0.25, 0.3) is 0 Å². The first-order valence-corrected chi connectivity index (χ1v) is 11.6. The van der Waals surface area contributed by atoms with Crippen molar-refractivity contribution in [1.29, 1.82) is 0 Å². The average Bonchev–Trinajstić information content (AvgIpc) is 3.15. The second kappa shape index (κ2) is 11.8. The summed E-state index contributed by atoms with van der Waals surface area (Å²) in [5.74, 6) is 1.01. The Bertz CT molecular complexity index is 1020. The van der Waals surface area contributed by atoms with Gasteiger partial charge in [-0.05, 0) is 69.5 Å². The Labute approximate surface area is 196 Å². The van der Waals surface area contributed by atoms with E-state index in [1.165, 1.54) is 12.1 Å². The quantitative estimate of drug-likeness (QED) is 0.348. The second-order valence-electron chi connectivity index (χ2n) is 8.43. The minimum Gasteiger partial charge on any atom is -0.439 e. The van der Waals surface area contributed by atoms with Crippen LogP contribution in [-0.2, 0) is 13.0 Å². The molecule has 0 saturated carbocycles. The number of hydrogen-bond donors (Lipinski definition) is 1. The topological polar surface area (TPSA) is 50.5 Å². The van der Waals surface area contributed by atoms with Gasteiger partial charge >= 0.3 is 0 Å². The SMILES string of the molecule is C=CCC[C@@H](O)CN(Cc1c(CC)nn(-c2ccc(F)cc2)c1Oc1ccccc1)C(C)C. The highest BCUT2D eigenvalue weighted by molar-refractivity contribution is 5.44. The maximum absolute atomic E-state index is 13.6. The van der Waals surface area contributed by atoms with E-state index in [4.69, 9.17) is 9.84 Å². The summed E-state index contributed by atoms with van der Waals surface area (Å²) >= 11 is 0. The van der Waals surface area contributed by atoms with Gasteiger partial charge in [-0.3, -0.25) is 4.90 Å². The van der Waals surface area contributed by atoms with Crippen LogP contribution in [0.1, 0.15) is 44.9 Å². The van der Waals surface area contributed by atoms with E-state index in [0.29, 0.717) is 31.1 Å². The molecule has 0 aliphatic rings. The highest BCUT2D eigenvalue weighted by atomic mass is 19.1. The number of aromatic nitrogens is 2. The van der Waals surface area contributed by atoms with E-state index < -0.39 is 6.10 Å². The molecule has 176 valence electrons. The number of allylic oxidation sites excluding steroid dienone is 1. The standard InChI is InChI=1S/C27H34FN3O2/c1-5-7-11-23(32)18-30(20(3)4)19-25-26(6-2)29-31(22-16-14-21(28)15-17-22)27(25)33-24-12-9-8-10-13-24/h5,8-10,12-17,20,23,32H,1,6-7,11,18-19H2,2-4H3/t23-/m1/s1. The molecule has 0 fully saturated rings. The number of aryl methyl sites for hydroxylation is 1. The molecule has 0 bridgehead atoms. The zero-order valence-corrected chi connectivity index (χ0v) is 19.7. The van der Waals surface area contributed by atoms with Crippen LogP contribution in [0.2, 0.25) is 0 Å². The molecule has 3 rings (SSSR count). The monoisotopic (exact) mass is 451 g/mol. The Kier molecular flexibility index (Phi) is 8.80. The molecule has 0 spiro atoms. The molecule has 0 saturated heterocycles. The van der Waals surface area contributed by atoms with Crippen molar-refractivity contribution in [2.45, 2.75) is 58.7 Å². The molecule has 3 aromatic rings. The van der Waals surface area contributed by atoms with Crippen molar-refractivity contribution >= 4 is 0 Å². The minimum absolute atomic E-state index is 0.215. The third kappa shape index (κ3) is 6.53. The molecule has 2 aromatic carbocycles. The van der Waals surface area contributed by atoms with Crippen LogP contribution >= 0.6 is 0 Å². The van der Waals surface area contributed by atoms with Crippen LogP contribution in [-0.4, -0.2) is 38.5 Å². The largest absolute Gasteiger partial charge is 0.439 e. The van der Waals surface area contributed by atoms with Gasteiger partial charge in [-0.2, -0.15) is 5.10 Å². The number of aliphatic hydroxyl groups is 1. The zero-order chi connectivity index (χ0) is 23.8. The smallest absolute Gasteiger partial charge is 0.227 e. The summed E-state index contributed by atoms with van der Waals surface area (Å²) in [4.78, 5) is 2.23. The fraction of sp³-hybridized carbons (Fsp3) is 0.370. The van der Waals surface area contributed by atoms with E-state index in [1.54, 1.807) is 16.8 Å². The van der Waals surface area contributed by atoms with Crippen molar-refractivity contribution in [3.8, 4) is 17.3 Å². The van der Waals surface area contributed by atoms with Gasteiger partial charge in [0.15, 0.2) is 0 Å². The molecule has 0 aliphatic heterocycles. The molecule has 0 aliphatic carbocycles. The van der Waals surface area contributed by atoms with Crippen molar-refractivity contribution in [2.75, 3.05) is 6.54 Å². The predicted molar refractivity (Wildman–Crippen MR) is 130 cm³/mol. The molecule has 1 N–H and O–H groups in total. The lowest BCUT2D eigenvalue weighted by Gasteiger charge is -2.29.